The maximum Gasteiger partial charge on any atom is 0.220 e. The highest BCUT2D eigenvalue weighted by molar-refractivity contribution is 5.82. The summed E-state index contributed by atoms with van der Waals surface area (Å²) in [7, 11) is 3.33. The molecule has 0 aliphatic heterocycles. The molecule has 1 amide bonds. The van der Waals surface area contributed by atoms with Crippen LogP contribution < -0.4 is 14.8 Å². The molecule has 0 aliphatic carbocycles. The van der Waals surface area contributed by atoms with Gasteiger partial charge < -0.3 is 14.8 Å². The average Bonchev–Trinajstić information content (AvgIpc) is 2.87. The zero-order valence-corrected chi connectivity index (χ0v) is 20.3. The fraction of sp³-hybridized carbons (Fsp3) is 0.310. The number of nitrogens with one attached hydrogen (secondary N) is 1. The standard InChI is InChI=1S/C29H34N2O3/c1-22(9-4-10-23-11-8-18-30-21-23)31-29(32)17-7-16-28(24-12-5-14-26(19-24)33-2)25-13-6-15-27(20-25)34-3/h5-6,8,11-16,18-22H,4,7,9-10,17H2,1-3H3,(H,31,32)/t22-/m1/s1. The molecule has 5 nitrogen and oxygen atoms in total. The maximum atomic E-state index is 12.6. The Morgan fingerprint density at radius 2 is 1.68 bits per heavy atom. The Bertz CT molecular complexity index is 1030. The first-order chi connectivity index (χ1) is 16.6. The Kier molecular flexibility index (Phi) is 9.71. The van der Waals surface area contributed by atoms with E-state index >= 15 is 0 Å². The van der Waals surface area contributed by atoms with Crippen molar-refractivity contribution in [2.24, 2.45) is 0 Å². The van der Waals surface area contributed by atoms with Crippen LogP contribution in [-0.2, 0) is 11.2 Å². The number of benzene rings is 2. The summed E-state index contributed by atoms with van der Waals surface area (Å²) in [6, 6.07) is 20.1. The van der Waals surface area contributed by atoms with Gasteiger partial charge in [0, 0.05) is 24.9 Å². The topological polar surface area (TPSA) is 60.5 Å². The molecule has 0 spiro atoms. The lowest BCUT2D eigenvalue weighted by Gasteiger charge is -2.14. The molecule has 1 atom stereocenters. The lowest BCUT2D eigenvalue weighted by atomic mass is 9.96. The van der Waals surface area contributed by atoms with E-state index in [-0.39, 0.29) is 11.9 Å². The Morgan fingerprint density at radius 3 is 2.26 bits per heavy atom. The smallest absolute Gasteiger partial charge is 0.220 e. The van der Waals surface area contributed by atoms with Gasteiger partial charge in [-0.15, -0.1) is 0 Å². The number of allylic oxidation sites excluding steroid dienone is 1. The quantitative estimate of drug-likeness (QED) is 0.370. The summed E-state index contributed by atoms with van der Waals surface area (Å²) in [5, 5.41) is 3.13. The summed E-state index contributed by atoms with van der Waals surface area (Å²) in [4.78, 5) is 16.7. The molecule has 0 unspecified atom stereocenters. The molecule has 1 N–H and O–H groups in total. The molecule has 3 rings (SSSR count). The number of pyridine rings is 1. The largest absolute Gasteiger partial charge is 0.497 e. The first-order valence-electron chi connectivity index (χ1n) is 11.8. The molecular formula is C29H34N2O3. The van der Waals surface area contributed by atoms with Crippen molar-refractivity contribution < 1.29 is 14.3 Å². The van der Waals surface area contributed by atoms with Crippen molar-refractivity contribution in [2.45, 2.75) is 45.1 Å². The van der Waals surface area contributed by atoms with Gasteiger partial charge in [-0.05, 0) is 85.2 Å². The normalized spacial score (nSPS) is 11.4. The highest BCUT2D eigenvalue weighted by Gasteiger charge is 2.10. The molecule has 0 fully saturated rings. The van der Waals surface area contributed by atoms with Crippen LogP contribution in [0.3, 0.4) is 0 Å². The third-order valence-electron chi connectivity index (χ3n) is 5.71. The monoisotopic (exact) mass is 458 g/mol. The summed E-state index contributed by atoms with van der Waals surface area (Å²) < 4.78 is 10.8. The fourth-order valence-electron chi connectivity index (χ4n) is 3.91. The van der Waals surface area contributed by atoms with Gasteiger partial charge in [-0.3, -0.25) is 9.78 Å². The van der Waals surface area contributed by atoms with E-state index in [2.05, 4.69) is 41.5 Å². The first kappa shape index (κ1) is 25.0. The lowest BCUT2D eigenvalue weighted by Crippen LogP contribution is -2.32. The predicted molar refractivity (Wildman–Crippen MR) is 137 cm³/mol. The number of nitrogens with zero attached hydrogens (tertiary/aromatic N) is 1. The van der Waals surface area contributed by atoms with Crippen molar-refractivity contribution in [1.29, 1.82) is 0 Å². The molecule has 0 radical (unpaired) electrons. The van der Waals surface area contributed by atoms with Crippen molar-refractivity contribution in [1.82, 2.24) is 10.3 Å². The summed E-state index contributed by atoms with van der Waals surface area (Å²) in [5.74, 6) is 1.66. The number of methoxy groups -OCH3 is 2. The van der Waals surface area contributed by atoms with Crippen molar-refractivity contribution in [3.63, 3.8) is 0 Å². The Balaban J connectivity index is 1.60. The summed E-state index contributed by atoms with van der Waals surface area (Å²) in [5.41, 5.74) is 4.36. The van der Waals surface area contributed by atoms with Gasteiger partial charge in [-0.1, -0.05) is 36.4 Å². The van der Waals surface area contributed by atoms with Gasteiger partial charge in [0.15, 0.2) is 0 Å². The highest BCUT2D eigenvalue weighted by atomic mass is 16.5. The number of aromatic nitrogens is 1. The predicted octanol–water partition coefficient (Wildman–Crippen LogP) is 5.84. The average molecular weight is 459 g/mol. The van der Waals surface area contributed by atoms with Crippen LogP contribution >= 0.6 is 0 Å². The van der Waals surface area contributed by atoms with E-state index in [0.717, 1.165) is 47.5 Å². The maximum absolute atomic E-state index is 12.6. The van der Waals surface area contributed by atoms with E-state index < -0.39 is 0 Å². The van der Waals surface area contributed by atoms with Gasteiger partial charge >= 0.3 is 0 Å². The third-order valence-corrected chi connectivity index (χ3v) is 5.71. The van der Waals surface area contributed by atoms with Gasteiger partial charge in [-0.2, -0.15) is 0 Å². The minimum absolute atomic E-state index is 0.0702. The van der Waals surface area contributed by atoms with Crippen LogP contribution in [0, 0.1) is 0 Å². The zero-order valence-electron chi connectivity index (χ0n) is 20.3. The molecule has 178 valence electrons. The van der Waals surface area contributed by atoms with Crippen LogP contribution in [0.2, 0.25) is 0 Å². The highest BCUT2D eigenvalue weighted by Crippen LogP contribution is 2.29. The number of carbonyl (C=O) groups is 1. The fourth-order valence-corrected chi connectivity index (χ4v) is 3.91. The molecule has 3 aromatic rings. The minimum atomic E-state index is 0.0702. The lowest BCUT2D eigenvalue weighted by molar-refractivity contribution is -0.121. The molecule has 0 aliphatic rings. The van der Waals surface area contributed by atoms with Crippen LogP contribution in [0.1, 0.15) is 49.3 Å². The number of ether oxygens (including phenoxy) is 2. The molecule has 2 aromatic carbocycles. The van der Waals surface area contributed by atoms with Crippen LogP contribution in [0.4, 0.5) is 0 Å². The molecule has 34 heavy (non-hydrogen) atoms. The molecule has 0 bridgehead atoms. The summed E-state index contributed by atoms with van der Waals surface area (Å²) >= 11 is 0. The van der Waals surface area contributed by atoms with Crippen molar-refractivity contribution >= 4 is 11.5 Å². The molecule has 0 saturated heterocycles. The van der Waals surface area contributed by atoms with E-state index in [0.29, 0.717) is 12.8 Å². The second kappa shape index (κ2) is 13.2. The van der Waals surface area contributed by atoms with Crippen LogP contribution in [0.5, 0.6) is 11.5 Å². The number of aryl methyl sites for hydroxylation is 1. The van der Waals surface area contributed by atoms with Crippen molar-refractivity contribution in [3.05, 3.63) is 95.8 Å². The van der Waals surface area contributed by atoms with Crippen LogP contribution in [0.25, 0.3) is 5.57 Å². The Labute approximate surface area is 202 Å². The first-order valence-corrected chi connectivity index (χ1v) is 11.8. The molecule has 0 saturated carbocycles. The summed E-state index contributed by atoms with van der Waals surface area (Å²) in [6.45, 7) is 2.06. The van der Waals surface area contributed by atoms with Gasteiger partial charge in [0.2, 0.25) is 5.91 Å². The molecular weight excluding hydrogens is 424 g/mol. The Hall–Kier alpha value is -3.60. The second-order valence-corrected chi connectivity index (χ2v) is 8.34. The Morgan fingerprint density at radius 1 is 1.00 bits per heavy atom. The number of rotatable bonds is 12. The van der Waals surface area contributed by atoms with Crippen LogP contribution in [0.15, 0.2) is 79.1 Å². The minimum Gasteiger partial charge on any atom is -0.497 e. The number of carbonyl (C=O) groups excluding carboxylic acids is 1. The molecule has 1 heterocycles. The van der Waals surface area contributed by atoms with Gasteiger partial charge in [0.1, 0.15) is 11.5 Å². The zero-order chi connectivity index (χ0) is 24.2. The SMILES string of the molecule is COc1cccc(C(=CCCC(=O)N[C@H](C)CCCc2cccnc2)c2cccc(OC)c2)c1. The summed E-state index contributed by atoms with van der Waals surface area (Å²) in [6.07, 6.45) is 9.81. The second-order valence-electron chi connectivity index (χ2n) is 8.34. The van der Waals surface area contributed by atoms with Gasteiger partial charge in [0.05, 0.1) is 14.2 Å². The number of hydrogen-bond acceptors (Lipinski definition) is 4. The van der Waals surface area contributed by atoms with E-state index in [4.69, 9.17) is 9.47 Å². The third kappa shape index (κ3) is 7.77. The van der Waals surface area contributed by atoms with E-state index in [1.54, 1.807) is 20.4 Å². The van der Waals surface area contributed by atoms with Crippen molar-refractivity contribution in [3.8, 4) is 11.5 Å². The van der Waals surface area contributed by atoms with E-state index in [9.17, 15) is 4.79 Å². The van der Waals surface area contributed by atoms with Gasteiger partial charge in [-0.25, -0.2) is 0 Å². The molecule has 1 aromatic heterocycles. The number of amides is 1. The number of hydrogen-bond donors (Lipinski definition) is 1. The van der Waals surface area contributed by atoms with E-state index in [1.165, 1.54) is 5.56 Å². The van der Waals surface area contributed by atoms with Crippen LogP contribution in [-0.4, -0.2) is 31.2 Å². The molecule has 5 heteroatoms. The van der Waals surface area contributed by atoms with Crippen molar-refractivity contribution in [2.75, 3.05) is 14.2 Å². The van der Waals surface area contributed by atoms with Gasteiger partial charge in [0.25, 0.3) is 0 Å². The van der Waals surface area contributed by atoms with E-state index in [1.807, 2.05) is 48.7 Å².